The number of quaternary nitrogens is 1. The highest BCUT2D eigenvalue weighted by Crippen LogP contribution is 2.20. The highest BCUT2D eigenvalue weighted by atomic mass is 16.5. The van der Waals surface area contributed by atoms with Crippen molar-refractivity contribution < 1.29 is 9.22 Å². The molecule has 1 fully saturated rings. The van der Waals surface area contributed by atoms with Crippen LogP contribution in [0.25, 0.3) is 0 Å². The fraction of sp³-hybridized carbons (Fsp3) is 0.833. The van der Waals surface area contributed by atoms with Gasteiger partial charge < -0.3 is 9.22 Å². The highest BCUT2D eigenvalue weighted by molar-refractivity contribution is 4.77. The van der Waals surface area contributed by atoms with Crippen LogP contribution in [0.3, 0.4) is 0 Å². The fourth-order valence-corrected chi connectivity index (χ4v) is 2.22. The molecule has 1 N–H and O–H groups in total. The molecule has 1 heterocycles. The molecule has 0 radical (unpaired) electrons. The molecule has 17 heavy (non-hydrogen) atoms. The van der Waals surface area contributed by atoms with Gasteiger partial charge in [-0.15, -0.1) is 0 Å². The van der Waals surface area contributed by atoms with Crippen molar-refractivity contribution in [2.75, 3.05) is 33.5 Å². The third-order valence-corrected chi connectivity index (χ3v) is 3.02. The zero-order valence-electron chi connectivity index (χ0n) is 10.9. The molecule has 1 aliphatic heterocycles. The van der Waals surface area contributed by atoms with E-state index in [1.165, 1.54) is 62.2 Å². The van der Waals surface area contributed by atoms with E-state index in [1.807, 2.05) is 7.11 Å². The van der Waals surface area contributed by atoms with Crippen LogP contribution in [0.1, 0.15) is 32.6 Å². The zero-order chi connectivity index (χ0) is 13.0. The molecule has 0 bridgehead atoms. The van der Waals surface area contributed by atoms with Gasteiger partial charge in [-0.25, -0.2) is 5.32 Å². The van der Waals surface area contributed by atoms with Gasteiger partial charge in [0, 0.05) is 20.0 Å². The number of hydrogen-bond donors (Lipinski definition) is 1. The Morgan fingerprint density at radius 1 is 1.24 bits per heavy atom. The molecule has 1 saturated heterocycles. The van der Waals surface area contributed by atoms with E-state index in [0.717, 1.165) is 6.73 Å². The summed E-state index contributed by atoms with van der Waals surface area (Å²) in [6, 6.07) is 0. The van der Waals surface area contributed by atoms with Crippen LogP contribution in [-0.4, -0.2) is 38.0 Å². The average Bonchev–Trinajstić information content (AvgIpc) is 2.78. The van der Waals surface area contributed by atoms with Crippen molar-refractivity contribution >= 4 is 0 Å². The van der Waals surface area contributed by atoms with Crippen LogP contribution in [0.4, 0.5) is 0 Å². The number of likely N-dealkylation sites (tertiary alicyclic amines) is 1. The molecule has 0 aromatic carbocycles. The third-order valence-electron chi connectivity index (χ3n) is 3.02. The van der Waals surface area contributed by atoms with Gasteiger partial charge in [0.2, 0.25) is 0 Å². The number of nitrogens with zero attached hydrogens (tertiary/aromatic N) is 3. The molecule has 0 aromatic rings. The van der Waals surface area contributed by atoms with Gasteiger partial charge in [0.25, 0.3) is 0 Å². The predicted molar refractivity (Wildman–Crippen MR) is 65.2 cm³/mol. The van der Waals surface area contributed by atoms with Gasteiger partial charge in [0.15, 0.2) is 19.1 Å². The van der Waals surface area contributed by atoms with E-state index < -0.39 is 0 Å². The molecule has 0 unspecified atom stereocenters. The van der Waals surface area contributed by atoms with Crippen LogP contribution in [0.2, 0.25) is 0 Å². The van der Waals surface area contributed by atoms with Gasteiger partial charge in [-0.1, -0.05) is 13.3 Å². The Morgan fingerprint density at radius 3 is 2.18 bits per heavy atom. The second-order valence-electron chi connectivity index (χ2n) is 4.34. The van der Waals surface area contributed by atoms with Gasteiger partial charge in [0.1, 0.15) is 0 Å². The van der Waals surface area contributed by atoms with Crippen LogP contribution in [-0.2, 0) is 4.74 Å². The lowest BCUT2D eigenvalue weighted by Gasteiger charge is -2.33. The minimum atomic E-state index is 0.931. The Hall–Kier alpha value is -1.30. The van der Waals surface area contributed by atoms with Crippen LogP contribution in [0.15, 0.2) is 0 Å². The van der Waals surface area contributed by atoms with E-state index in [2.05, 4.69) is 6.92 Å². The summed E-state index contributed by atoms with van der Waals surface area (Å²) in [4.78, 5) is 0. The number of rotatable bonds is 5. The van der Waals surface area contributed by atoms with E-state index in [4.69, 9.17) is 15.3 Å². The number of nitriles is 2. The summed E-state index contributed by atoms with van der Waals surface area (Å²) in [7, 11) is 1.82. The van der Waals surface area contributed by atoms with Crippen molar-refractivity contribution in [2.45, 2.75) is 32.6 Å². The summed E-state index contributed by atoms with van der Waals surface area (Å²) in [6.07, 6.45) is 8.26. The Labute approximate surface area is 104 Å². The molecule has 5 heteroatoms. The number of methoxy groups -OCH3 is 1. The minimum absolute atomic E-state index is 0.931. The lowest BCUT2D eigenvalue weighted by molar-refractivity contribution is -0.934. The molecule has 0 saturated carbocycles. The molecular formula is C12H23N4O+. The average molecular weight is 239 g/mol. The normalized spacial score (nSPS) is 16.2. The summed E-state index contributed by atoms with van der Waals surface area (Å²) in [5.74, 6) is 0. The van der Waals surface area contributed by atoms with E-state index in [9.17, 15) is 0 Å². The third kappa shape index (κ3) is 6.78. The van der Waals surface area contributed by atoms with Gasteiger partial charge in [-0.05, 0) is 6.42 Å². The van der Waals surface area contributed by atoms with Crippen LogP contribution >= 0.6 is 0 Å². The Morgan fingerprint density at radius 2 is 1.82 bits per heavy atom. The minimum Gasteiger partial charge on any atom is -0.335 e. The lowest BCUT2D eigenvalue weighted by Crippen LogP contribution is -2.47. The van der Waals surface area contributed by atoms with Crippen molar-refractivity contribution in [3.63, 3.8) is 0 Å². The van der Waals surface area contributed by atoms with Crippen molar-refractivity contribution in [3.8, 4) is 12.4 Å². The second-order valence-corrected chi connectivity index (χ2v) is 4.34. The van der Waals surface area contributed by atoms with E-state index >= 15 is 0 Å². The Balaban J connectivity index is 0.000000437. The fourth-order valence-electron chi connectivity index (χ4n) is 2.22. The van der Waals surface area contributed by atoms with E-state index in [1.54, 1.807) is 5.32 Å². The molecular weight excluding hydrogens is 216 g/mol. The number of nitrogens with one attached hydrogen (secondary N) is 1. The number of ether oxygens (including phenoxy) is 1. The predicted octanol–water partition coefficient (Wildman–Crippen LogP) is 1.54. The SMILES string of the molecule is CCCC[N+]1(COC)CCCC1.N#CNC#N. The molecule has 0 aliphatic carbocycles. The molecule has 96 valence electrons. The maximum atomic E-state index is 7.48. The molecule has 0 aromatic heterocycles. The van der Waals surface area contributed by atoms with E-state index in [-0.39, 0.29) is 0 Å². The molecule has 0 spiro atoms. The molecule has 0 amide bonds. The summed E-state index contributed by atoms with van der Waals surface area (Å²) in [5, 5.41) is 16.7. The lowest BCUT2D eigenvalue weighted by atomic mass is 10.3. The van der Waals surface area contributed by atoms with Crippen LogP contribution in [0.5, 0.6) is 0 Å². The smallest absolute Gasteiger partial charge is 0.190 e. The van der Waals surface area contributed by atoms with Gasteiger partial charge in [-0.3, -0.25) is 0 Å². The Bertz CT molecular complexity index is 249. The highest BCUT2D eigenvalue weighted by Gasteiger charge is 2.30. The van der Waals surface area contributed by atoms with Crippen molar-refractivity contribution in [1.29, 1.82) is 10.5 Å². The quantitative estimate of drug-likeness (QED) is 0.449. The standard InChI is InChI=1S/C10H22NO.C2HN3/c1-3-4-7-11(10-12-2)8-5-6-9-11;3-1-5-2-4/h3-10H2,1-2H3;5H/q+1;. The topological polar surface area (TPSA) is 68.8 Å². The van der Waals surface area contributed by atoms with Crippen LogP contribution in [0, 0.1) is 22.9 Å². The summed E-state index contributed by atoms with van der Waals surface area (Å²) in [5.41, 5.74) is 0. The first kappa shape index (κ1) is 15.7. The molecule has 0 atom stereocenters. The molecule has 1 aliphatic rings. The van der Waals surface area contributed by atoms with Gasteiger partial charge in [0.05, 0.1) is 19.6 Å². The largest absolute Gasteiger partial charge is 0.335 e. The first-order chi connectivity index (χ1) is 8.24. The number of hydrogen-bond acceptors (Lipinski definition) is 4. The summed E-state index contributed by atoms with van der Waals surface area (Å²) in [6.45, 7) is 7.20. The summed E-state index contributed by atoms with van der Waals surface area (Å²) < 4.78 is 6.52. The molecule has 5 nitrogen and oxygen atoms in total. The maximum absolute atomic E-state index is 7.48. The van der Waals surface area contributed by atoms with E-state index in [0.29, 0.717) is 0 Å². The van der Waals surface area contributed by atoms with Gasteiger partial charge in [-0.2, -0.15) is 10.5 Å². The first-order valence-electron chi connectivity index (χ1n) is 6.12. The van der Waals surface area contributed by atoms with Crippen molar-refractivity contribution in [3.05, 3.63) is 0 Å². The first-order valence-corrected chi connectivity index (χ1v) is 6.12. The zero-order valence-corrected chi connectivity index (χ0v) is 10.9. The monoisotopic (exact) mass is 239 g/mol. The maximum Gasteiger partial charge on any atom is 0.190 e. The van der Waals surface area contributed by atoms with Crippen LogP contribution < -0.4 is 5.32 Å². The van der Waals surface area contributed by atoms with Crippen molar-refractivity contribution in [1.82, 2.24) is 5.32 Å². The molecule has 1 rings (SSSR count). The van der Waals surface area contributed by atoms with Gasteiger partial charge >= 0.3 is 0 Å². The number of unbranched alkanes of at least 4 members (excludes halogenated alkanes) is 1. The van der Waals surface area contributed by atoms with Crippen molar-refractivity contribution in [2.24, 2.45) is 0 Å². The second kappa shape index (κ2) is 9.89. The Kier molecular flexibility index (Phi) is 9.14. The summed E-state index contributed by atoms with van der Waals surface area (Å²) >= 11 is 0.